The third-order valence-electron chi connectivity index (χ3n) is 3.55. The van der Waals surface area contributed by atoms with Crippen molar-refractivity contribution in [3.8, 4) is 0 Å². The molecule has 0 aliphatic rings. The number of hydrogen-bond acceptors (Lipinski definition) is 4. The largest absolute Gasteiger partial charge is 0.456 e. The van der Waals surface area contributed by atoms with Crippen LogP contribution >= 0.6 is 0 Å². The number of benzene rings is 2. The summed E-state index contributed by atoms with van der Waals surface area (Å²) in [5.74, 6) is -0.841. The lowest BCUT2D eigenvalue weighted by molar-refractivity contribution is -0.0177. The zero-order chi connectivity index (χ0) is 15.8. The van der Waals surface area contributed by atoms with Crippen molar-refractivity contribution in [2.75, 3.05) is 13.2 Å². The van der Waals surface area contributed by atoms with Crippen molar-refractivity contribution < 1.29 is 19.7 Å². The SMILES string of the molecule is O=C(O[C@@H](CO)[C@H](CO)Cc1ccccc1)c1ccccc1. The molecular formula is C18H20O4. The van der Waals surface area contributed by atoms with Gasteiger partial charge in [-0.05, 0) is 24.1 Å². The van der Waals surface area contributed by atoms with E-state index in [2.05, 4.69) is 0 Å². The van der Waals surface area contributed by atoms with Gasteiger partial charge in [-0.25, -0.2) is 4.79 Å². The van der Waals surface area contributed by atoms with Crippen molar-refractivity contribution in [1.82, 2.24) is 0 Å². The Morgan fingerprint density at radius 2 is 1.50 bits per heavy atom. The normalized spacial score (nSPS) is 13.4. The van der Waals surface area contributed by atoms with E-state index in [4.69, 9.17) is 4.74 Å². The van der Waals surface area contributed by atoms with Gasteiger partial charge < -0.3 is 14.9 Å². The maximum absolute atomic E-state index is 12.1. The summed E-state index contributed by atoms with van der Waals surface area (Å²) in [5, 5.41) is 19.1. The van der Waals surface area contributed by atoms with Crippen molar-refractivity contribution in [1.29, 1.82) is 0 Å². The van der Waals surface area contributed by atoms with Crippen LogP contribution in [-0.2, 0) is 11.2 Å². The van der Waals surface area contributed by atoms with E-state index in [-0.39, 0.29) is 19.1 Å². The van der Waals surface area contributed by atoms with Gasteiger partial charge >= 0.3 is 5.97 Å². The van der Waals surface area contributed by atoms with Gasteiger partial charge in [0, 0.05) is 12.5 Å². The van der Waals surface area contributed by atoms with Crippen molar-refractivity contribution in [3.05, 3.63) is 71.8 Å². The van der Waals surface area contributed by atoms with Gasteiger partial charge in [-0.1, -0.05) is 48.5 Å². The molecule has 0 spiro atoms. The first-order chi connectivity index (χ1) is 10.7. The van der Waals surface area contributed by atoms with Crippen molar-refractivity contribution >= 4 is 5.97 Å². The van der Waals surface area contributed by atoms with Gasteiger partial charge in [-0.15, -0.1) is 0 Å². The lowest BCUT2D eigenvalue weighted by Crippen LogP contribution is -2.34. The van der Waals surface area contributed by atoms with Gasteiger partial charge in [0.15, 0.2) is 0 Å². The number of rotatable bonds is 7. The Hall–Kier alpha value is -2.17. The lowest BCUT2D eigenvalue weighted by Gasteiger charge is -2.24. The van der Waals surface area contributed by atoms with Crippen molar-refractivity contribution in [2.24, 2.45) is 5.92 Å². The molecule has 2 rings (SSSR count). The molecule has 116 valence electrons. The molecule has 0 aliphatic carbocycles. The molecule has 2 N–H and O–H groups in total. The van der Waals surface area contributed by atoms with E-state index in [1.807, 2.05) is 36.4 Å². The molecule has 0 radical (unpaired) electrons. The van der Waals surface area contributed by atoms with Crippen LogP contribution in [0.15, 0.2) is 60.7 Å². The first kappa shape index (κ1) is 16.2. The van der Waals surface area contributed by atoms with Gasteiger partial charge in [0.05, 0.1) is 12.2 Å². The first-order valence-corrected chi connectivity index (χ1v) is 7.26. The molecular weight excluding hydrogens is 280 g/mol. The van der Waals surface area contributed by atoms with Gasteiger partial charge in [0.25, 0.3) is 0 Å². The minimum atomic E-state index is -0.738. The molecule has 0 fully saturated rings. The van der Waals surface area contributed by atoms with E-state index >= 15 is 0 Å². The van der Waals surface area contributed by atoms with E-state index in [1.54, 1.807) is 24.3 Å². The van der Waals surface area contributed by atoms with E-state index < -0.39 is 12.1 Å². The zero-order valence-electron chi connectivity index (χ0n) is 12.3. The van der Waals surface area contributed by atoms with Crippen LogP contribution in [0, 0.1) is 5.92 Å². The monoisotopic (exact) mass is 300 g/mol. The van der Waals surface area contributed by atoms with E-state index in [0.717, 1.165) is 5.56 Å². The average molecular weight is 300 g/mol. The number of aliphatic hydroxyl groups is 2. The standard InChI is InChI=1S/C18H20O4/c19-12-16(11-14-7-3-1-4-8-14)17(13-20)22-18(21)15-9-5-2-6-10-15/h1-10,16-17,19-20H,11-13H2/t16-,17-/m0/s1. The second-order valence-electron chi connectivity index (χ2n) is 5.12. The molecule has 0 unspecified atom stereocenters. The van der Waals surface area contributed by atoms with Crippen LogP contribution < -0.4 is 0 Å². The van der Waals surface area contributed by atoms with Crippen LogP contribution in [0.3, 0.4) is 0 Å². The molecule has 0 aromatic heterocycles. The molecule has 0 amide bonds. The minimum absolute atomic E-state index is 0.164. The summed E-state index contributed by atoms with van der Waals surface area (Å²) in [6, 6.07) is 18.2. The van der Waals surface area contributed by atoms with Gasteiger partial charge in [0.2, 0.25) is 0 Å². The van der Waals surface area contributed by atoms with Gasteiger partial charge in [-0.2, -0.15) is 0 Å². The Bertz CT molecular complexity index is 568. The van der Waals surface area contributed by atoms with Crippen LogP contribution in [0.1, 0.15) is 15.9 Å². The van der Waals surface area contributed by atoms with E-state index in [0.29, 0.717) is 12.0 Å². The fraction of sp³-hybridized carbons (Fsp3) is 0.278. The highest BCUT2D eigenvalue weighted by molar-refractivity contribution is 5.89. The van der Waals surface area contributed by atoms with Gasteiger partial charge in [0.1, 0.15) is 6.10 Å². The molecule has 0 heterocycles. The van der Waals surface area contributed by atoms with Crippen LogP contribution in [-0.4, -0.2) is 35.5 Å². The highest BCUT2D eigenvalue weighted by Crippen LogP contribution is 2.16. The molecule has 2 aromatic carbocycles. The molecule has 4 nitrogen and oxygen atoms in total. The number of carbonyl (C=O) groups excluding carboxylic acids is 1. The van der Waals surface area contributed by atoms with Crippen molar-refractivity contribution in [3.63, 3.8) is 0 Å². The lowest BCUT2D eigenvalue weighted by atomic mass is 9.95. The Morgan fingerprint density at radius 1 is 0.909 bits per heavy atom. The highest BCUT2D eigenvalue weighted by atomic mass is 16.6. The predicted molar refractivity (Wildman–Crippen MR) is 83.5 cm³/mol. The third kappa shape index (κ3) is 4.41. The Balaban J connectivity index is 2.03. The number of hydrogen-bond donors (Lipinski definition) is 2. The summed E-state index contributed by atoms with van der Waals surface area (Å²) in [6.07, 6.45) is -0.206. The summed E-state index contributed by atoms with van der Waals surface area (Å²) in [7, 11) is 0. The van der Waals surface area contributed by atoms with Crippen molar-refractivity contribution in [2.45, 2.75) is 12.5 Å². The highest BCUT2D eigenvalue weighted by Gasteiger charge is 2.25. The van der Waals surface area contributed by atoms with Crippen LogP contribution in [0.4, 0.5) is 0 Å². The zero-order valence-corrected chi connectivity index (χ0v) is 12.3. The predicted octanol–water partition coefficient (Wildman–Crippen LogP) is 2.06. The molecule has 0 saturated carbocycles. The van der Waals surface area contributed by atoms with Crippen LogP contribution in [0.2, 0.25) is 0 Å². The summed E-state index contributed by atoms with van der Waals surface area (Å²) < 4.78 is 5.36. The Kier molecular flexibility index (Phi) is 6.13. The van der Waals surface area contributed by atoms with Crippen LogP contribution in [0.25, 0.3) is 0 Å². The summed E-state index contributed by atoms with van der Waals surface area (Å²) >= 11 is 0. The molecule has 22 heavy (non-hydrogen) atoms. The number of carbonyl (C=O) groups is 1. The topological polar surface area (TPSA) is 66.8 Å². The quantitative estimate of drug-likeness (QED) is 0.768. The Labute approximate surface area is 130 Å². The Morgan fingerprint density at radius 3 is 2.05 bits per heavy atom. The molecule has 0 aliphatic heterocycles. The number of ether oxygens (including phenoxy) is 1. The minimum Gasteiger partial charge on any atom is -0.456 e. The first-order valence-electron chi connectivity index (χ1n) is 7.26. The summed E-state index contributed by atoms with van der Waals surface area (Å²) in [4.78, 5) is 12.1. The molecule has 0 saturated heterocycles. The summed E-state index contributed by atoms with van der Waals surface area (Å²) in [6.45, 7) is -0.487. The average Bonchev–Trinajstić information content (AvgIpc) is 2.59. The van der Waals surface area contributed by atoms with E-state index in [1.165, 1.54) is 0 Å². The smallest absolute Gasteiger partial charge is 0.338 e. The van der Waals surface area contributed by atoms with E-state index in [9.17, 15) is 15.0 Å². The van der Waals surface area contributed by atoms with Crippen LogP contribution in [0.5, 0.6) is 0 Å². The second kappa shape index (κ2) is 8.32. The third-order valence-corrected chi connectivity index (χ3v) is 3.55. The molecule has 4 heteroatoms. The maximum Gasteiger partial charge on any atom is 0.338 e. The fourth-order valence-electron chi connectivity index (χ4n) is 2.29. The number of aliphatic hydroxyl groups excluding tert-OH is 2. The number of esters is 1. The fourth-order valence-corrected chi connectivity index (χ4v) is 2.29. The van der Waals surface area contributed by atoms with Gasteiger partial charge in [-0.3, -0.25) is 0 Å². The summed E-state index contributed by atoms with van der Waals surface area (Å²) in [5.41, 5.74) is 1.45. The molecule has 2 atom stereocenters. The molecule has 0 bridgehead atoms. The second-order valence-corrected chi connectivity index (χ2v) is 5.12. The molecule has 2 aromatic rings. The maximum atomic E-state index is 12.1.